The highest BCUT2D eigenvalue weighted by molar-refractivity contribution is 5.24. The number of nitrogens with one attached hydrogen (secondary N) is 1. The van der Waals surface area contributed by atoms with E-state index in [2.05, 4.69) is 43.4 Å². The summed E-state index contributed by atoms with van der Waals surface area (Å²) < 4.78 is 11.0. The first kappa shape index (κ1) is 12.6. The molecule has 1 heterocycles. The van der Waals surface area contributed by atoms with Gasteiger partial charge >= 0.3 is 0 Å². The van der Waals surface area contributed by atoms with Gasteiger partial charge in [0.05, 0.1) is 25.9 Å². The zero-order chi connectivity index (χ0) is 12.1. The summed E-state index contributed by atoms with van der Waals surface area (Å²) in [5.41, 5.74) is 2.62. The maximum Gasteiger partial charge on any atom is 0.0933 e. The normalized spacial score (nSPS) is 22.4. The van der Waals surface area contributed by atoms with Crippen LogP contribution in [0.15, 0.2) is 24.3 Å². The van der Waals surface area contributed by atoms with E-state index in [1.54, 1.807) is 0 Å². The van der Waals surface area contributed by atoms with Crippen LogP contribution in [0.5, 0.6) is 0 Å². The highest BCUT2D eigenvalue weighted by Crippen LogP contribution is 2.14. The van der Waals surface area contributed by atoms with Crippen molar-refractivity contribution in [3.63, 3.8) is 0 Å². The minimum Gasteiger partial charge on any atom is -0.376 e. The average Bonchev–Trinajstić information content (AvgIpc) is 2.37. The van der Waals surface area contributed by atoms with Crippen molar-refractivity contribution in [3.05, 3.63) is 35.4 Å². The first-order chi connectivity index (χ1) is 8.25. The highest BCUT2D eigenvalue weighted by atomic mass is 16.6. The molecule has 94 valence electrons. The van der Waals surface area contributed by atoms with Gasteiger partial charge in [-0.2, -0.15) is 0 Å². The summed E-state index contributed by atoms with van der Waals surface area (Å²) in [4.78, 5) is 0. The second kappa shape index (κ2) is 6.15. The van der Waals surface area contributed by atoms with Crippen LogP contribution in [0.3, 0.4) is 0 Å². The van der Waals surface area contributed by atoms with Crippen LogP contribution in [0.25, 0.3) is 0 Å². The van der Waals surface area contributed by atoms with Gasteiger partial charge in [-0.3, -0.25) is 0 Å². The molecule has 1 N–H and O–H groups in total. The van der Waals surface area contributed by atoms with Gasteiger partial charge < -0.3 is 14.8 Å². The average molecular weight is 235 g/mol. The fourth-order valence-electron chi connectivity index (χ4n) is 2.02. The Morgan fingerprint density at radius 2 is 2.29 bits per heavy atom. The molecule has 1 aliphatic rings. The molecule has 0 saturated carbocycles. The molecule has 0 bridgehead atoms. The second-order valence-corrected chi connectivity index (χ2v) is 4.61. The first-order valence-corrected chi connectivity index (χ1v) is 6.25. The Balaban J connectivity index is 1.82. The maximum absolute atomic E-state index is 5.60. The fourth-order valence-corrected chi connectivity index (χ4v) is 2.02. The Labute approximate surface area is 103 Å². The summed E-state index contributed by atoms with van der Waals surface area (Å²) in [5.74, 6) is 0. The molecule has 0 spiro atoms. The van der Waals surface area contributed by atoms with Crippen molar-refractivity contribution >= 4 is 0 Å². The summed E-state index contributed by atoms with van der Waals surface area (Å²) in [5, 5.41) is 3.49. The molecule has 0 aliphatic carbocycles. The largest absolute Gasteiger partial charge is 0.376 e. The first-order valence-electron chi connectivity index (χ1n) is 6.25. The summed E-state index contributed by atoms with van der Waals surface area (Å²) in [6, 6.07) is 8.94. The van der Waals surface area contributed by atoms with E-state index in [0.29, 0.717) is 19.3 Å². The van der Waals surface area contributed by atoms with Crippen molar-refractivity contribution < 1.29 is 9.47 Å². The molecule has 2 unspecified atom stereocenters. The highest BCUT2D eigenvalue weighted by Gasteiger charge is 2.15. The third-order valence-electron chi connectivity index (χ3n) is 3.08. The lowest BCUT2D eigenvalue weighted by molar-refractivity contribution is -0.0869. The van der Waals surface area contributed by atoms with Gasteiger partial charge in [-0.05, 0) is 19.4 Å². The van der Waals surface area contributed by atoms with Crippen LogP contribution in [-0.2, 0) is 9.47 Å². The molecule has 1 fully saturated rings. The maximum atomic E-state index is 5.60. The van der Waals surface area contributed by atoms with Crippen LogP contribution in [0.4, 0.5) is 0 Å². The topological polar surface area (TPSA) is 30.5 Å². The number of benzene rings is 1. The molecule has 2 rings (SSSR count). The molecule has 2 atom stereocenters. The predicted octanol–water partition coefficient (Wildman–Crippen LogP) is 2.06. The Hall–Kier alpha value is -0.900. The number of ether oxygens (including phenoxy) is 2. The number of rotatable bonds is 4. The lowest BCUT2D eigenvalue weighted by atomic mass is 10.1. The van der Waals surface area contributed by atoms with Crippen LogP contribution in [0, 0.1) is 6.92 Å². The molecule has 3 heteroatoms. The van der Waals surface area contributed by atoms with E-state index < -0.39 is 0 Å². The van der Waals surface area contributed by atoms with E-state index in [4.69, 9.17) is 9.47 Å². The summed E-state index contributed by atoms with van der Waals surface area (Å²) in [6.07, 6.45) is 0.191. The van der Waals surface area contributed by atoms with Crippen molar-refractivity contribution in [3.8, 4) is 0 Å². The zero-order valence-electron chi connectivity index (χ0n) is 10.6. The van der Waals surface area contributed by atoms with Gasteiger partial charge in [0.15, 0.2) is 0 Å². The SMILES string of the molecule is Cc1cccc(C(C)NCC2COCCO2)c1. The Morgan fingerprint density at radius 1 is 1.41 bits per heavy atom. The van der Waals surface area contributed by atoms with Gasteiger partial charge in [0.1, 0.15) is 0 Å². The predicted molar refractivity (Wildman–Crippen MR) is 68.2 cm³/mol. The Bertz CT molecular complexity index is 348. The lowest BCUT2D eigenvalue weighted by Crippen LogP contribution is -2.38. The van der Waals surface area contributed by atoms with Crippen molar-refractivity contribution in [2.45, 2.75) is 26.0 Å². The van der Waals surface area contributed by atoms with Crippen LogP contribution < -0.4 is 5.32 Å². The quantitative estimate of drug-likeness (QED) is 0.866. The van der Waals surface area contributed by atoms with E-state index in [1.165, 1.54) is 11.1 Å². The Morgan fingerprint density at radius 3 is 3.00 bits per heavy atom. The Kier molecular flexibility index (Phi) is 4.54. The second-order valence-electron chi connectivity index (χ2n) is 4.61. The molecule has 0 amide bonds. The lowest BCUT2D eigenvalue weighted by Gasteiger charge is -2.25. The third-order valence-corrected chi connectivity index (χ3v) is 3.08. The zero-order valence-corrected chi connectivity index (χ0v) is 10.6. The molecular formula is C14H21NO2. The molecule has 1 aromatic rings. The fraction of sp³-hybridized carbons (Fsp3) is 0.571. The van der Waals surface area contributed by atoms with Crippen molar-refractivity contribution in [2.75, 3.05) is 26.4 Å². The van der Waals surface area contributed by atoms with E-state index in [-0.39, 0.29) is 6.10 Å². The minimum atomic E-state index is 0.191. The van der Waals surface area contributed by atoms with Gasteiger partial charge in [-0.1, -0.05) is 29.8 Å². The van der Waals surface area contributed by atoms with Gasteiger partial charge in [-0.15, -0.1) is 0 Å². The summed E-state index contributed by atoms with van der Waals surface area (Å²) >= 11 is 0. The van der Waals surface area contributed by atoms with Crippen LogP contribution in [-0.4, -0.2) is 32.5 Å². The van der Waals surface area contributed by atoms with Crippen LogP contribution >= 0.6 is 0 Å². The van der Waals surface area contributed by atoms with Crippen molar-refractivity contribution in [1.82, 2.24) is 5.32 Å². The molecule has 1 saturated heterocycles. The van der Waals surface area contributed by atoms with E-state index in [9.17, 15) is 0 Å². The number of aryl methyl sites for hydroxylation is 1. The molecule has 1 aliphatic heterocycles. The smallest absolute Gasteiger partial charge is 0.0933 e. The van der Waals surface area contributed by atoms with Gasteiger partial charge in [0, 0.05) is 12.6 Å². The van der Waals surface area contributed by atoms with Crippen LogP contribution in [0.1, 0.15) is 24.1 Å². The molecular weight excluding hydrogens is 214 g/mol. The monoisotopic (exact) mass is 235 g/mol. The molecule has 0 radical (unpaired) electrons. The summed E-state index contributed by atoms with van der Waals surface area (Å²) in [6.45, 7) is 7.28. The number of hydrogen-bond donors (Lipinski definition) is 1. The minimum absolute atomic E-state index is 0.191. The van der Waals surface area contributed by atoms with E-state index in [0.717, 1.165) is 13.2 Å². The van der Waals surface area contributed by atoms with Crippen molar-refractivity contribution in [2.24, 2.45) is 0 Å². The van der Waals surface area contributed by atoms with Gasteiger partial charge in [0.2, 0.25) is 0 Å². The third kappa shape index (κ3) is 3.80. The standard InChI is InChI=1S/C14H21NO2/c1-11-4-3-5-13(8-11)12(2)15-9-14-10-16-6-7-17-14/h3-5,8,12,14-15H,6-7,9-10H2,1-2H3. The van der Waals surface area contributed by atoms with Crippen molar-refractivity contribution in [1.29, 1.82) is 0 Å². The molecule has 1 aromatic carbocycles. The van der Waals surface area contributed by atoms with Gasteiger partial charge in [0.25, 0.3) is 0 Å². The van der Waals surface area contributed by atoms with E-state index >= 15 is 0 Å². The van der Waals surface area contributed by atoms with E-state index in [1.807, 2.05) is 0 Å². The molecule has 3 nitrogen and oxygen atoms in total. The molecule has 17 heavy (non-hydrogen) atoms. The van der Waals surface area contributed by atoms with Crippen LogP contribution in [0.2, 0.25) is 0 Å². The van der Waals surface area contributed by atoms with Gasteiger partial charge in [-0.25, -0.2) is 0 Å². The molecule has 0 aromatic heterocycles. The number of hydrogen-bond acceptors (Lipinski definition) is 3. The summed E-state index contributed by atoms with van der Waals surface area (Å²) in [7, 11) is 0.